The lowest BCUT2D eigenvalue weighted by atomic mass is 10.2. The van der Waals surface area contributed by atoms with Crippen LogP contribution in [0.25, 0.3) is 0 Å². The van der Waals surface area contributed by atoms with Crippen molar-refractivity contribution in [1.29, 1.82) is 0 Å². The number of hydrogen-bond acceptors (Lipinski definition) is 5. The minimum atomic E-state index is -0.376. The van der Waals surface area contributed by atoms with E-state index in [2.05, 4.69) is 28.2 Å². The van der Waals surface area contributed by atoms with Gasteiger partial charge in [0.25, 0.3) is 0 Å². The zero-order chi connectivity index (χ0) is 13.0. The number of aliphatic hydroxyl groups excluding tert-OH is 1. The number of morpholine rings is 1. The van der Waals surface area contributed by atoms with Crippen molar-refractivity contribution in [2.24, 2.45) is 0 Å². The first-order valence-electron chi connectivity index (χ1n) is 6.38. The summed E-state index contributed by atoms with van der Waals surface area (Å²) in [4.78, 5) is 6.80. The maximum atomic E-state index is 9.28. The SMILES string of the molecule is Cc1cc(NC[C@@H](C)O)nc(N2CCOCC2)c1. The Kier molecular flexibility index (Phi) is 4.38. The van der Waals surface area contributed by atoms with Crippen LogP contribution >= 0.6 is 0 Å². The smallest absolute Gasteiger partial charge is 0.131 e. The molecule has 0 saturated carbocycles. The van der Waals surface area contributed by atoms with Crippen molar-refractivity contribution in [2.75, 3.05) is 43.1 Å². The average molecular weight is 251 g/mol. The highest BCUT2D eigenvalue weighted by Gasteiger charge is 2.13. The predicted molar refractivity (Wildman–Crippen MR) is 72.2 cm³/mol. The van der Waals surface area contributed by atoms with Gasteiger partial charge in [0.1, 0.15) is 11.6 Å². The summed E-state index contributed by atoms with van der Waals surface area (Å²) in [6.07, 6.45) is -0.376. The van der Waals surface area contributed by atoms with E-state index in [9.17, 15) is 5.11 Å². The molecule has 0 aromatic carbocycles. The van der Waals surface area contributed by atoms with Gasteiger partial charge in [-0.1, -0.05) is 0 Å². The van der Waals surface area contributed by atoms with Crippen molar-refractivity contribution in [3.05, 3.63) is 17.7 Å². The summed E-state index contributed by atoms with van der Waals surface area (Å²) in [5.41, 5.74) is 1.17. The van der Waals surface area contributed by atoms with E-state index in [0.717, 1.165) is 37.9 Å². The second-order valence-electron chi connectivity index (χ2n) is 4.72. The van der Waals surface area contributed by atoms with Crippen LogP contribution in [-0.4, -0.2) is 49.0 Å². The highest BCUT2D eigenvalue weighted by atomic mass is 16.5. The fourth-order valence-corrected chi connectivity index (χ4v) is 1.95. The van der Waals surface area contributed by atoms with Gasteiger partial charge in [-0.15, -0.1) is 0 Å². The lowest BCUT2D eigenvalue weighted by Gasteiger charge is -2.28. The van der Waals surface area contributed by atoms with E-state index in [1.165, 1.54) is 5.56 Å². The van der Waals surface area contributed by atoms with Crippen molar-refractivity contribution in [3.63, 3.8) is 0 Å². The van der Waals surface area contributed by atoms with E-state index in [4.69, 9.17) is 4.74 Å². The Morgan fingerprint density at radius 1 is 1.44 bits per heavy atom. The number of pyridine rings is 1. The Hall–Kier alpha value is -1.33. The van der Waals surface area contributed by atoms with Crippen LogP contribution in [-0.2, 0) is 4.74 Å². The van der Waals surface area contributed by atoms with Gasteiger partial charge in [-0.3, -0.25) is 0 Å². The molecule has 2 N–H and O–H groups in total. The van der Waals surface area contributed by atoms with E-state index in [-0.39, 0.29) is 6.10 Å². The molecule has 2 heterocycles. The third-order valence-corrected chi connectivity index (χ3v) is 2.87. The summed E-state index contributed by atoms with van der Waals surface area (Å²) in [5, 5.41) is 12.4. The van der Waals surface area contributed by atoms with Crippen LogP contribution in [0.15, 0.2) is 12.1 Å². The van der Waals surface area contributed by atoms with E-state index in [1.54, 1.807) is 6.92 Å². The number of aryl methyl sites for hydroxylation is 1. The summed E-state index contributed by atoms with van der Waals surface area (Å²) in [6, 6.07) is 4.07. The summed E-state index contributed by atoms with van der Waals surface area (Å²) in [5.74, 6) is 1.80. The number of nitrogens with zero attached hydrogens (tertiary/aromatic N) is 2. The summed E-state index contributed by atoms with van der Waals surface area (Å²) < 4.78 is 5.34. The van der Waals surface area contributed by atoms with Gasteiger partial charge in [0, 0.05) is 19.6 Å². The summed E-state index contributed by atoms with van der Waals surface area (Å²) in [7, 11) is 0. The third-order valence-electron chi connectivity index (χ3n) is 2.87. The molecule has 1 saturated heterocycles. The Morgan fingerprint density at radius 2 is 2.17 bits per heavy atom. The Morgan fingerprint density at radius 3 is 2.83 bits per heavy atom. The minimum Gasteiger partial charge on any atom is -0.392 e. The number of hydrogen-bond donors (Lipinski definition) is 2. The Labute approximate surface area is 108 Å². The van der Waals surface area contributed by atoms with E-state index in [0.29, 0.717) is 6.54 Å². The van der Waals surface area contributed by atoms with Gasteiger partial charge in [-0.25, -0.2) is 4.98 Å². The first-order valence-corrected chi connectivity index (χ1v) is 6.38. The molecule has 5 heteroatoms. The van der Waals surface area contributed by atoms with Crippen LogP contribution in [0.5, 0.6) is 0 Å². The van der Waals surface area contributed by atoms with Crippen molar-refractivity contribution < 1.29 is 9.84 Å². The number of nitrogens with one attached hydrogen (secondary N) is 1. The van der Waals surface area contributed by atoms with E-state index >= 15 is 0 Å². The minimum absolute atomic E-state index is 0.376. The van der Waals surface area contributed by atoms with Crippen molar-refractivity contribution >= 4 is 11.6 Å². The molecule has 2 rings (SSSR count). The van der Waals surface area contributed by atoms with Gasteiger partial charge in [0.15, 0.2) is 0 Å². The number of anilines is 2. The number of aromatic nitrogens is 1. The standard InChI is InChI=1S/C13H21N3O2/c1-10-7-12(14-9-11(2)17)15-13(8-10)16-3-5-18-6-4-16/h7-8,11,17H,3-6,9H2,1-2H3,(H,14,15)/t11-/m1/s1. The molecule has 1 aliphatic heterocycles. The van der Waals surface area contributed by atoms with Gasteiger partial charge in [0.05, 0.1) is 19.3 Å². The Bertz CT molecular complexity index is 390. The second-order valence-corrected chi connectivity index (χ2v) is 4.72. The maximum Gasteiger partial charge on any atom is 0.131 e. The predicted octanol–water partition coefficient (Wildman–Crippen LogP) is 1.02. The van der Waals surface area contributed by atoms with Gasteiger partial charge >= 0.3 is 0 Å². The molecule has 1 atom stereocenters. The second kappa shape index (κ2) is 6.02. The normalized spacial score (nSPS) is 17.6. The highest BCUT2D eigenvalue weighted by molar-refractivity contribution is 5.50. The van der Waals surface area contributed by atoms with Gasteiger partial charge in [-0.05, 0) is 31.5 Å². The fraction of sp³-hybridized carbons (Fsp3) is 0.615. The molecule has 1 aromatic rings. The molecule has 0 bridgehead atoms. The van der Waals surface area contributed by atoms with Crippen LogP contribution in [0.2, 0.25) is 0 Å². The monoisotopic (exact) mass is 251 g/mol. The van der Waals surface area contributed by atoms with Crippen molar-refractivity contribution in [1.82, 2.24) is 4.98 Å². The molecular formula is C13H21N3O2. The lowest BCUT2D eigenvalue weighted by molar-refractivity contribution is 0.122. The lowest BCUT2D eigenvalue weighted by Crippen LogP contribution is -2.36. The maximum absolute atomic E-state index is 9.28. The highest BCUT2D eigenvalue weighted by Crippen LogP contribution is 2.18. The van der Waals surface area contributed by atoms with Crippen molar-refractivity contribution in [3.8, 4) is 0 Å². The summed E-state index contributed by atoms with van der Waals surface area (Å²) in [6.45, 7) is 7.60. The molecule has 0 amide bonds. The van der Waals surface area contributed by atoms with Gasteiger partial charge in [0.2, 0.25) is 0 Å². The first kappa shape index (κ1) is 13.1. The molecule has 1 aromatic heterocycles. The quantitative estimate of drug-likeness (QED) is 0.836. The number of rotatable bonds is 4. The molecule has 1 aliphatic rings. The molecule has 0 radical (unpaired) electrons. The topological polar surface area (TPSA) is 57.6 Å². The summed E-state index contributed by atoms with van der Waals surface area (Å²) >= 11 is 0. The zero-order valence-electron chi connectivity index (χ0n) is 11.0. The molecule has 5 nitrogen and oxygen atoms in total. The third kappa shape index (κ3) is 3.58. The van der Waals surface area contributed by atoms with Crippen LogP contribution in [0.3, 0.4) is 0 Å². The molecule has 18 heavy (non-hydrogen) atoms. The van der Waals surface area contributed by atoms with Crippen LogP contribution in [0.1, 0.15) is 12.5 Å². The van der Waals surface area contributed by atoms with E-state index in [1.807, 2.05) is 6.07 Å². The Balaban J connectivity index is 2.09. The number of ether oxygens (including phenoxy) is 1. The molecule has 0 unspecified atom stereocenters. The number of aliphatic hydroxyl groups is 1. The largest absolute Gasteiger partial charge is 0.392 e. The molecular weight excluding hydrogens is 230 g/mol. The van der Waals surface area contributed by atoms with Gasteiger partial charge < -0.3 is 20.1 Å². The van der Waals surface area contributed by atoms with E-state index < -0.39 is 0 Å². The molecule has 100 valence electrons. The average Bonchev–Trinajstić information content (AvgIpc) is 2.37. The zero-order valence-corrected chi connectivity index (χ0v) is 11.0. The van der Waals surface area contributed by atoms with Crippen molar-refractivity contribution in [2.45, 2.75) is 20.0 Å². The molecule has 0 aliphatic carbocycles. The first-order chi connectivity index (χ1) is 8.65. The molecule has 0 spiro atoms. The fourth-order valence-electron chi connectivity index (χ4n) is 1.95. The molecule has 1 fully saturated rings. The van der Waals surface area contributed by atoms with Crippen LogP contribution < -0.4 is 10.2 Å². The van der Waals surface area contributed by atoms with Crippen LogP contribution in [0, 0.1) is 6.92 Å². The van der Waals surface area contributed by atoms with Crippen LogP contribution in [0.4, 0.5) is 11.6 Å². The van der Waals surface area contributed by atoms with Gasteiger partial charge in [-0.2, -0.15) is 0 Å².